The van der Waals surface area contributed by atoms with Crippen LogP contribution in [0, 0.1) is 6.92 Å². The molecule has 1 rings (SSSR count). The summed E-state index contributed by atoms with van der Waals surface area (Å²) in [6, 6.07) is 5.94. The number of nitrogens with one attached hydrogen (secondary N) is 1. The highest BCUT2D eigenvalue weighted by Crippen LogP contribution is 2.20. The number of hydrogen-bond acceptors (Lipinski definition) is 2. The van der Waals surface area contributed by atoms with E-state index >= 15 is 0 Å². The van der Waals surface area contributed by atoms with Gasteiger partial charge in [0.25, 0.3) is 0 Å². The van der Waals surface area contributed by atoms with Crippen LogP contribution in [0.5, 0.6) is 0 Å². The maximum atomic E-state index is 5.94. The van der Waals surface area contributed by atoms with Crippen LogP contribution in [-0.4, -0.2) is 13.1 Å². The van der Waals surface area contributed by atoms with E-state index in [-0.39, 0.29) is 0 Å². The minimum absolute atomic E-state index is 0.788. The molecule has 0 saturated carbocycles. The van der Waals surface area contributed by atoms with Crippen molar-refractivity contribution in [1.29, 1.82) is 0 Å². The molecule has 0 aliphatic rings. The summed E-state index contributed by atoms with van der Waals surface area (Å²) < 4.78 is 0. The highest BCUT2D eigenvalue weighted by Gasteiger charge is 1.98. The lowest BCUT2D eigenvalue weighted by Crippen LogP contribution is -2.03. The van der Waals surface area contributed by atoms with Crippen molar-refractivity contribution in [2.45, 2.75) is 32.6 Å². The molecule has 1 aromatic rings. The second-order valence-electron chi connectivity index (χ2n) is 4.09. The number of halogens is 1. The first-order chi connectivity index (χ1) is 7.74. The molecule has 0 fully saturated rings. The van der Waals surface area contributed by atoms with Gasteiger partial charge in [0, 0.05) is 17.3 Å². The second-order valence-corrected chi connectivity index (χ2v) is 4.53. The molecule has 3 N–H and O–H groups in total. The number of aryl methyl sites for hydroxylation is 1. The monoisotopic (exact) mass is 240 g/mol. The Morgan fingerprint density at radius 1 is 1.19 bits per heavy atom. The molecule has 0 aromatic heterocycles. The molecule has 0 radical (unpaired) electrons. The Kier molecular flexibility index (Phi) is 6.27. The maximum Gasteiger partial charge on any atom is 0.0426 e. The maximum absolute atomic E-state index is 5.94. The minimum Gasteiger partial charge on any atom is -0.385 e. The first-order valence-corrected chi connectivity index (χ1v) is 6.32. The zero-order valence-corrected chi connectivity index (χ0v) is 10.7. The van der Waals surface area contributed by atoms with E-state index in [2.05, 4.69) is 12.2 Å². The number of unbranched alkanes of at least 4 members (excludes halogenated alkanes) is 3. The molecule has 0 bridgehead atoms. The fourth-order valence-electron chi connectivity index (χ4n) is 1.63. The molecular weight excluding hydrogens is 220 g/mol. The summed E-state index contributed by atoms with van der Waals surface area (Å²) in [4.78, 5) is 0. The Labute approximate surface area is 103 Å². The minimum atomic E-state index is 0.788. The van der Waals surface area contributed by atoms with E-state index in [1.54, 1.807) is 0 Å². The van der Waals surface area contributed by atoms with E-state index in [1.807, 2.05) is 18.2 Å². The van der Waals surface area contributed by atoms with Crippen LogP contribution in [0.4, 0.5) is 5.69 Å². The van der Waals surface area contributed by atoms with Crippen LogP contribution in [0.25, 0.3) is 0 Å². The van der Waals surface area contributed by atoms with Crippen molar-refractivity contribution >= 4 is 17.3 Å². The third kappa shape index (κ3) is 4.86. The van der Waals surface area contributed by atoms with Gasteiger partial charge in [-0.3, -0.25) is 0 Å². The van der Waals surface area contributed by atoms with Gasteiger partial charge in [-0.05, 0) is 44.0 Å². The number of benzene rings is 1. The van der Waals surface area contributed by atoms with Crippen molar-refractivity contribution in [3.05, 3.63) is 28.8 Å². The second kappa shape index (κ2) is 7.53. The summed E-state index contributed by atoms with van der Waals surface area (Å²) in [5.41, 5.74) is 7.83. The molecule has 3 heteroatoms. The van der Waals surface area contributed by atoms with Crippen LogP contribution in [0.2, 0.25) is 5.02 Å². The Balaban J connectivity index is 2.23. The molecular formula is C13H21ClN2. The predicted octanol–water partition coefficient (Wildman–Crippen LogP) is 3.58. The van der Waals surface area contributed by atoms with Gasteiger partial charge in [0.15, 0.2) is 0 Å². The fraction of sp³-hybridized carbons (Fsp3) is 0.538. The van der Waals surface area contributed by atoms with E-state index in [0.29, 0.717) is 0 Å². The number of anilines is 1. The summed E-state index contributed by atoms with van der Waals surface area (Å²) >= 11 is 5.94. The molecule has 0 unspecified atom stereocenters. The Hall–Kier alpha value is -0.730. The molecule has 1 aromatic carbocycles. The number of nitrogens with two attached hydrogens (primary N) is 1. The zero-order chi connectivity index (χ0) is 11.8. The van der Waals surface area contributed by atoms with Crippen molar-refractivity contribution in [3.8, 4) is 0 Å². The van der Waals surface area contributed by atoms with Gasteiger partial charge in [0.1, 0.15) is 0 Å². The summed E-state index contributed by atoms with van der Waals surface area (Å²) in [5.74, 6) is 0. The van der Waals surface area contributed by atoms with E-state index < -0.39 is 0 Å². The van der Waals surface area contributed by atoms with Gasteiger partial charge in [-0.25, -0.2) is 0 Å². The van der Waals surface area contributed by atoms with Gasteiger partial charge in [0.05, 0.1) is 0 Å². The average Bonchev–Trinajstić information content (AvgIpc) is 2.28. The molecule has 0 saturated heterocycles. The summed E-state index contributed by atoms with van der Waals surface area (Å²) in [5, 5.41) is 4.20. The first kappa shape index (κ1) is 13.3. The van der Waals surface area contributed by atoms with E-state index in [1.165, 1.54) is 24.8 Å². The van der Waals surface area contributed by atoms with Gasteiger partial charge in [-0.1, -0.05) is 30.5 Å². The van der Waals surface area contributed by atoms with Crippen LogP contribution in [0.1, 0.15) is 31.2 Å². The standard InChI is InChI=1S/C13H21ClN2/c1-11-6-7-12(14)10-13(11)16-9-5-3-2-4-8-15/h6-7,10,16H,2-5,8-9,15H2,1H3. The third-order valence-electron chi connectivity index (χ3n) is 2.65. The average molecular weight is 241 g/mol. The highest BCUT2D eigenvalue weighted by atomic mass is 35.5. The molecule has 90 valence electrons. The van der Waals surface area contributed by atoms with Crippen LogP contribution >= 0.6 is 11.6 Å². The first-order valence-electron chi connectivity index (χ1n) is 5.94. The Morgan fingerprint density at radius 2 is 1.94 bits per heavy atom. The molecule has 0 aliphatic heterocycles. The van der Waals surface area contributed by atoms with Gasteiger partial charge in [-0.15, -0.1) is 0 Å². The smallest absolute Gasteiger partial charge is 0.0426 e. The van der Waals surface area contributed by atoms with Crippen LogP contribution < -0.4 is 11.1 Å². The molecule has 0 spiro atoms. The fourth-order valence-corrected chi connectivity index (χ4v) is 1.80. The number of hydrogen-bond donors (Lipinski definition) is 2. The van der Waals surface area contributed by atoms with Crippen molar-refractivity contribution in [2.24, 2.45) is 5.73 Å². The van der Waals surface area contributed by atoms with Crippen LogP contribution in [0.3, 0.4) is 0 Å². The van der Waals surface area contributed by atoms with E-state index in [4.69, 9.17) is 17.3 Å². The van der Waals surface area contributed by atoms with E-state index in [0.717, 1.165) is 30.2 Å². The van der Waals surface area contributed by atoms with Crippen LogP contribution in [0.15, 0.2) is 18.2 Å². The van der Waals surface area contributed by atoms with Gasteiger partial charge >= 0.3 is 0 Å². The summed E-state index contributed by atoms with van der Waals surface area (Å²) in [7, 11) is 0. The molecule has 2 nitrogen and oxygen atoms in total. The molecule has 0 aliphatic carbocycles. The normalized spacial score (nSPS) is 10.4. The molecule has 0 atom stereocenters. The summed E-state index contributed by atoms with van der Waals surface area (Å²) in [6.07, 6.45) is 4.79. The SMILES string of the molecule is Cc1ccc(Cl)cc1NCCCCCCN. The van der Waals surface area contributed by atoms with Crippen molar-refractivity contribution < 1.29 is 0 Å². The Morgan fingerprint density at radius 3 is 2.69 bits per heavy atom. The van der Waals surface area contributed by atoms with Gasteiger partial charge in [0.2, 0.25) is 0 Å². The summed E-state index contributed by atoms with van der Waals surface area (Å²) in [6.45, 7) is 3.90. The highest BCUT2D eigenvalue weighted by molar-refractivity contribution is 6.30. The van der Waals surface area contributed by atoms with E-state index in [9.17, 15) is 0 Å². The predicted molar refractivity (Wildman–Crippen MR) is 72.2 cm³/mol. The van der Waals surface area contributed by atoms with Gasteiger partial charge in [-0.2, -0.15) is 0 Å². The largest absolute Gasteiger partial charge is 0.385 e. The van der Waals surface area contributed by atoms with Crippen molar-refractivity contribution in [1.82, 2.24) is 0 Å². The molecule has 0 amide bonds. The lowest BCUT2D eigenvalue weighted by Gasteiger charge is -2.09. The van der Waals surface area contributed by atoms with Crippen molar-refractivity contribution in [3.63, 3.8) is 0 Å². The van der Waals surface area contributed by atoms with Crippen molar-refractivity contribution in [2.75, 3.05) is 18.4 Å². The van der Waals surface area contributed by atoms with Crippen LogP contribution in [-0.2, 0) is 0 Å². The lowest BCUT2D eigenvalue weighted by molar-refractivity contribution is 0.661. The Bertz CT molecular complexity index is 313. The molecule has 16 heavy (non-hydrogen) atoms. The topological polar surface area (TPSA) is 38.0 Å². The van der Waals surface area contributed by atoms with Gasteiger partial charge < -0.3 is 11.1 Å². The zero-order valence-electron chi connectivity index (χ0n) is 9.93. The quantitative estimate of drug-likeness (QED) is 0.715. The third-order valence-corrected chi connectivity index (χ3v) is 2.88. The number of rotatable bonds is 7. The molecule has 0 heterocycles. The lowest BCUT2D eigenvalue weighted by atomic mass is 10.1.